The van der Waals surface area contributed by atoms with E-state index in [0.717, 1.165) is 37.1 Å². The van der Waals surface area contributed by atoms with Crippen LogP contribution >= 0.6 is 0 Å². The lowest BCUT2D eigenvalue weighted by Gasteiger charge is -2.05. The van der Waals surface area contributed by atoms with Crippen molar-refractivity contribution < 1.29 is 4.79 Å². The molecule has 1 unspecified atom stereocenters. The number of fused-ring (bicyclic) bond motifs is 1. The Labute approximate surface area is 96.0 Å². The molecule has 2 rings (SSSR count). The number of aryl methyl sites for hydroxylation is 1. The Hall–Kier alpha value is -1.35. The van der Waals surface area contributed by atoms with Crippen LogP contribution in [-0.2, 0) is 11.2 Å². The Morgan fingerprint density at radius 3 is 2.94 bits per heavy atom. The minimum Gasteiger partial charge on any atom is -0.330 e. The smallest absolute Gasteiger partial charge is 0.231 e. The van der Waals surface area contributed by atoms with Crippen LogP contribution in [0.3, 0.4) is 0 Å². The maximum atomic E-state index is 11.5. The lowest BCUT2D eigenvalue weighted by molar-refractivity contribution is -0.116. The second-order valence-electron chi connectivity index (χ2n) is 4.38. The van der Waals surface area contributed by atoms with E-state index in [4.69, 9.17) is 5.73 Å². The molecular formula is C13H18N2O. The van der Waals surface area contributed by atoms with Crippen LogP contribution in [0.1, 0.15) is 36.8 Å². The number of carbonyl (C=O) groups excluding carboxylic acids is 1. The second kappa shape index (κ2) is 4.66. The van der Waals surface area contributed by atoms with Gasteiger partial charge in [-0.25, -0.2) is 0 Å². The first-order valence-electron chi connectivity index (χ1n) is 5.86. The Morgan fingerprint density at radius 1 is 1.38 bits per heavy atom. The number of nitrogens with one attached hydrogen (secondary N) is 1. The van der Waals surface area contributed by atoms with Crippen molar-refractivity contribution in [3.8, 4) is 0 Å². The molecule has 3 heteroatoms. The van der Waals surface area contributed by atoms with Gasteiger partial charge in [-0.15, -0.1) is 0 Å². The Balaban J connectivity index is 2.11. The van der Waals surface area contributed by atoms with Crippen molar-refractivity contribution in [3.63, 3.8) is 0 Å². The SMILES string of the molecule is CC1C(=O)Nc2ccc(CCCCN)cc21. The standard InChI is InChI=1S/C13H18N2O/c1-9-11-8-10(4-2-3-7-14)5-6-12(11)15-13(9)16/h5-6,8-9H,2-4,7,14H2,1H3,(H,15,16). The summed E-state index contributed by atoms with van der Waals surface area (Å²) in [6, 6.07) is 6.25. The van der Waals surface area contributed by atoms with E-state index >= 15 is 0 Å². The highest BCUT2D eigenvalue weighted by atomic mass is 16.2. The predicted octanol–water partition coefficient (Wildman–Crippen LogP) is 2.02. The summed E-state index contributed by atoms with van der Waals surface area (Å²) in [4.78, 5) is 11.5. The quantitative estimate of drug-likeness (QED) is 0.760. The number of anilines is 1. The van der Waals surface area contributed by atoms with E-state index in [1.807, 2.05) is 13.0 Å². The van der Waals surface area contributed by atoms with Crippen LogP contribution in [0.2, 0.25) is 0 Å². The van der Waals surface area contributed by atoms with Crippen molar-refractivity contribution in [1.29, 1.82) is 0 Å². The number of unbranched alkanes of at least 4 members (excludes halogenated alkanes) is 1. The summed E-state index contributed by atoms with van der Waals surface area (Å²) in [5.74, 6) is 0.0959. The minimum absolute atomic E-state index is 0.00976. The molecule has 1 aliphatic rings. The summed E-state index contributed by atoms with van der Waals surface area (Å²) in [7, 11) is 0. The van der Waals surface area contributed by atoms with Gasteiger partial charge in [0.1, 0.15) is 0 Å². The first-order chi connectivity index (χ1) is 7.72. The van der Waals surface area contributed by atoms with Crippen LogP contribution in [0.5, 0.6) is 0 Å². The van der Waals surface area contributed by atoms with Gasteiger partial charge in [-0.3, -0.25) is 4.79 Å². The van der Waals surface area contributed by atoms with Crippen LogP contribution in [0.25, 0.3) is 0 Å². The van der Waals surface area contributed by atoms with Gasteiger partial charge in [0.25, 0.3) is 0 Å². The second-order valence-corrected chi connectivity index (χ2v) is 4.38. The molecule has 0 saturated carbocycles. The van der Waals surface area contributed by atoms with E-state index < -0.39 is 0 Å². The number of rotatable bonds is 4. The van der Waals surface area contributed by atoms with Gasteiger partial charge in [0.2, 0.25) is 5.91 Å². The van der Waals surface area contributed by atoms with E-state index in [9.17, 15) is 4.79 Å². The largest absolute Gasteiger partial charge is 0.330 e. The maximum absolute atomic E-state index is 11.5. The normalized spacial score (nSPS) is 18.4. The summed E-state index contributed by atoms with van der Waals surface area (Å²) in [5, 5.41) is 2.88. The van der Waals surface area contributed by atoms with E-state index in [-0.39, 0.29) is 11.8 Å². The van der Waals surface area contributed by atoms with Gasteiger partial charge in [0.05, 0.1) is 5.92 Å². The molecule has 3 N–H and O–H groups in total. The predicted molar refractivity (Wildman–Crippen MR) is 65.5 cm³/mol. The van der Waals surface area contributed by atoms with Crippen LogP contribution in [0, 0.1) is 0 Å². The van der Waals surface area contributed by atoms with Crippen LogP contribution in [0.15, 0.2) is 18.2 Å². The van der Waals surface area contributed by atoms with Gasteiger partial charge in [-0.1, -0.05) is 12.1 Å². The van der Waals surface area contributed by atoms with Crippen molar-refractivity contribution in [2.75, 3.05) is 11.9 Å². The Morgan fingerprint density at radius 2 is 2.19 bits per heavy atom. The van der Waals surface area contributed by atoms with Gasteiger partial charge < -0.3 is 11.1 Å². The number of amides is 1. The Kier molecular flexibility index (Phi) is 3.25. The molecule has 0 radical (unpaired) electrons. The number of benzene rings is 1. The van der Waals surface area contributed by atoms with Gasteiger partial charge >= 0.3 is 0 Å². The number of carbonyl (C=O) groups is 1. The summed E-state index contributed by atoms with van der Waals surface area (Å²) < 4.78 is 0. The molecule has 1 amide bonds. The van der Waals surface area contributed by atoms with Gasteiger partial charge in [0.15, 0.2) is 0 Å². The maximum Gasteiger partial charge on any atom is 0.231 e. The molecule has 1 aromatic carbocycles. The highest BCUT2D eigenvalue weighted by molar-refractivity contribution is 6.02. The fourth-order valence-electron chi connectivity index (χ4n) is 2.10. The summed E-state index contributed by atoms with van der Waals surface area (Å²) >= 11 is 0. The van der Waals surface area contributed by atoms with Crippen LogP contribution in [0.4, 0.5) is 5.69 Å². The molecule has 1 aromatic rings. The van der Waals surface area contributed by atoms with Crippen molar-refractivity contribution in [2.45, 2.75) is 32.1 Å². The van der Waals surface area contributed by atoms with E-state index in [2.05, 4.69) is 17.4 Å². The van der Waals surface area contributed by atoms with Crippen molar-refractivity contribution in [3.05, 3.63) is 29.3 Å². The average molecular weight is 218 g/mol. The van der Waals surface area contributed by atoms with Gasteiger partial charge in [-0.05, 0) is 49.9 Å². The third-order valence-electron chi connectivity index (χ3n) is 3.15. The molecule has 0 bridgehead atoms. The zero-order chi connectivity index (χ0) is 11.5. The van der Waals surface area contributed by atoms with Crippen LogP contribution in [-0.4, -0.2) is 12.5 Å². The zero-order valence-electron chi connectivity index (χ0n) is 9.62. The molecule has 0 fully saturated rings. The highest BCUT2D eigenvalue weighted by Gasteiger charge is 2.26. The molecule has 3 nitrogen and oxygen atoms in total. The van der Waals surface area contributed by atoms with E-state index in [0.29, 0.717) is 0 Å². The third-order valence-corrected chi connectivity index (χ3v) is 3.15. The summed E-state index contributed by atoms with van der Waals surface area (Å²) in [5.41, 5.74) is 8.88. The van der Waals surface area contributed by atoms with E-state index in [1.165, 1.54) is 5.56 Å². The molecule has 0 spiro atoms. The molecular weight excluding hydrogens is 200 g/mol. The fraction of sp³-hybridized carbons (Fsp3) is 0.462. The van der Waals surface area contributed by atoms with E-state index in [1.54, 1.807) is 0 Å². The van der Waals surface area contributed by atoms with Crippen LogP contribution < -0.4 is 11.1 Å². The fourth-order valence-corrected chi connectivity index (χ4v) is 2.10. The minimum atomic E-state index is -0.00976. The van der Waals surface area contributed by atoms with Gasteiger partial charge in [-0.2, -0.15) is 0 Å². The zero-order valence-corrected chi connectivity index (χ0v) is 9.62. The van der Waals surface area contributed by atoms with Crippen molar-refractivity contribution in [1.82, 2.24) is 0 Å². The number of nitrogens with two attached hydrogens (primary N) is 1. The number of hydrogen-bond acceptors (Lipinski definition) is 2. The first-order valence-corrected chi connectivity index (χ1v) is 5.86. The molecule has 0 aromatic heterocycles. The first kappa shape index (κ1) is 11.1. The monoisotopic (exact) mass is 218 g/mol. The van der Waals surface area contributed by atoms with Crippen molar-refractivity contribution in [2.24, 2.45) is 5.73 Å². The van der Waals surface area contributed by atoms with Crippen molar-refractivity contribution >= 4 is 11.6 Å². The summed E-state index contributed by atoms with van der Waals surface area (Å²) in [6.07, 6.45) is 3.22. The average Bonchev–Trinajstić information content (AvgIpc) is 2.56. The van der Waals surface area contributed by atoms with Gasteiger partial charge in [0, 0.05) is 5.69 Å². The molecule has 0 saturated heterocycles. The topological polar surface area (TPSA) is 55.1 Å². The Bertz CT molecular complexity index is 401. The summed E-state index contributed by atoms with van der Waals surface area (Å²) in [6.45, 7) is 2.70. The molecule has 1 atom stereocenters. The molecule has 1 heterocycles. The highest BCUT2D eigenvalue weighted by Crippen LogP contribution is 2.32. The molecule has 0 aliphatic carbocycles. The number of hydrogen-bond donors (Lipinski definition) is 2. The third kappa shape index (κ3) is 2.09. The molecule has 86 valence electrons. The lowest BCUT2D eigenvalue weighted by Crippen LogP contribution is -2.08. The molecule has 1 aliphatic heterocycles. The lowest BCUT2D eigenvalue weighted by atomic mass is 9.98. The molecule has 16 heavy (non-hydrogen) atoms.